The number of ether oxygens (including phenoxy) is 2. The molecule has 2 aromatic rings. The van der Waals surface area contributed by atoms with Crippen LogP contribution in [-0.2, 0) is 4.74 Å². The molecule has 0 heterocycles. The Labute approximate surface area is 147 Å². The third kappa shape index (κ3) is 2.30. The van der Waals surface area contributed by atoms with Crippen LogP contribution in [0.1, 0.15) is 61.6 Å². The first-order valence-corrected chi connectivity index (χ1v) is 9.17. The van der Waals surface area contributed by atoms with E-state index in [4.69, 9.17) is 9.47 Å². The van der Waals surface area contributed by atoms with Crippen molar-refractivity contribution in [3.8, 4) is 11.5 Å². The summed E-state index contributed by atoms with van der Waals surface area (Å²) in [6.45, 7) is 6.51. The Bertz CT molecular complexity index is 855. The van der Waals surface area contributed by atoms with Gasteiger partial charge in [-0.1, -0.05) is 32.0 Å². The molecule has 0 saturated heterocycles. The maximum absolute atomic E-state index is 12.2. The van der Waals surface area contributed by atoms with Crippen LogP contribution in [0.4, 0.5) is 4.79 Å². The van der Waals surface area contributed by atoms with Crippen molar-refractivity contribution >= 4 is 16.9 Å². The Balaban J connectivity index is 1.94. The number of phenols is 1. The van der Waals surface area contributed by atoms with E-state index in [9.17, 15) is 9.90 Å². The van der Waals surface area contributed by atoms with Gasteiger partial charge in [0.2, 0.25) is 0 Å². The van der Waals surface area contributed by atoms with Gasteiger partial charge in [-0.15, -0.1) is 0 Å². The lowest BCUT2D eigenvalue weighted by atomic mass is 9.86. The van der Waals surface area contributed by atoms with Crippen molar-refractivity contribution in [1.29, 1.82) is 0 Å². The molecule has 2 aliphatic rings. The van der Waals surface area contributed by atoms with Gasteiger partial charge in [0.05, 0.1) is 6.61 Å². The van der Waals surface area contributed by atoms with Gasteiger partial charge in [-0.25, -0.2) is 4.79 Å². The maximum atomic E-state index is 12.2. The van der Waals surface area contributed by atoms with E-state index >= 15 is 0 Å². The molecule has 4 rings (SSSR count). The number of carbonyl (C=O) groups is 1. The summed E-state index contributed by atoms with van der Waals surface area (Å²) in [5, 5.41) is 12.5. The Hall–Kier alpha value is -2.23. The van der Waals surface area contributed by atoms with Crippen LogP contribution in [0.2, 0.25) is 0 Å². The molecule has 25 heavy (non-hydrogen) atoms. The second-order valence-electron chi connectivity index (χ2n) is 7.35. The van der Waals surface area contributed by atoms with E-state index in [1.165, 1.54) is 0 Å². The van der Waals surface area contributed by atoms with Gasteiger partial charge in [0.1, 0.15) is 11.5 Å². The van der Waals surface area contributed by atoms with Crippen LogP contribution in [0.25, 0.3) is 10.8 Å². The minimum Gasteiger partial charge on any atom is -0.507 e. The van der Waals surface area contributed by atoms with E-state index in [1.807, 2.05) is 32.0 Å². The number of hydrogen-bond donors (Lipinski definition) is 1. The van der Waals surface area contributed by atoms with Crippen molar-refractivity contribution in [3.63, 3.8) is 0 Å². The monoisotopic (exact) mass is 340 g/mol. The smallest absolute Gasteiger partial charge is 0.507 e. The fraction of sp³-hybridized carbons (Fsp3) is 0.476. The minimum absolute atomic E-state index is 0.337. The number of rotatable bonds is 3. The normalized spacial score (nSPS) is 23.7. The van der Waals surface area contributed by atoms with Gasteiger partial charge in [-0.3, -0.25) is 0 Å². The molecule has 1 fully saturated rings. The number of aromatic hydroxyl groups is 1. The van der Waals surface area contributed by atoms with E-state index in [1.54, 1.807) is 0 Å². The fourth-order valence-corrected chi connectivity index (χ4v) is 4.82. The summed E-state index contributed by atoms with van der Waals surface area (Å²) >= 11 is 0. The topological polar surface area (TPSA) is 55.8 Å². The van der Waals surface area contributed by atoms with Crippen LogP contribution in [0.3, 0.4) is 0 Å². The number of hydrogen-bond acceptors (Lipinski definition) is 4. The summed E-state index contributed by atoms with van der Waals surface area (Å²) in [5.41, 5.74) is 3.00. The van der Waals surface area contributed by atoms with E-state index in [0.29, 0.717) is 35.9 Å². The SMILES string of the molecule is CCCOC(=O)Oc1c2c(c(O)c3cccc(C)c13)C1CCC2C1C. The molecule has 2 bridgehead atoms. The zero-order valence-corrected chi connectivity index (χ0v) is 15.0. The molecular weight excluding hydrogens is 316 g/mol. The molecule has 1 saturated carbocycles. The molecule has 3 unspecified atom stereocenters. The van der Waals surface area contributed by atoms with Crippen LogP contribution < -0.4 is 4.74 Å². The molecule has 0 spiro atoms. The minimum atomic E-state index is -0.658. The predicted octanol–water partition coefficient (Wildman–Crippen LogP) is 5.39. The van der Waals surface area contributed by atoms with Crippen LogP contribution in [0.15, 0.2) is 18.2 Å². The first-order valence-electron chi connectivity index (χ1n) is 9.17. The number of aryl methyl sites for hydroxylation is 1. The third-order valence-electron chi connectivity index (χ3n) is 5.95. The highest BCUT2D eigenvalue weighted by molar-refractivity contribution is 6.00. The zero-order chi connectivity index (χ0) is 17.7. The highest BCUT2D eigenvalue weighted by Gasteiger charge is 2.48. The van der Waals surface area contributed by atoms with E-state index in [0.717, 1.165) is 46.7 Å². The quantitative estimate of drug-likeness (QED) is 0.601. The molecule has 2 aliphatic carbocycles. The number of benzene rings is 2. The van der Waals surface area contributed by atoms with Crippen LogP contribution >= 0.6 is 0 Å². The fourth-order valence-electron chi connectivity index (χ4n) is 4.82. The van der Waals surface area contributed by atoms with Crippen LogP contribution in [0.5, 0.6) is 11.5 Å². The van der Waals surface area contributed by atoms with Gasteiger partial charge in [0.25, 0.3) is 0 Å². The standard InChI is InChI=1S/C21H24O4/c1-4-10-24-21(23)25-20-16-11(2)6-5-7-15(16)19(22)17-13-8-9-14(12(13)3)18(17)20/h5-7,12-14,22H,4,8-10H2,1-3H3. The lowest BCUT2D eigenvalue weighted by Crippen LogP contribution is -2.14. The summed E-state index contributed by atoms with van der Waals surface area (Å²) in [5.74, 6) is 2.11. The molecule has 132 valence electrons. The van der Waals surface area contributed by atoms with Crippen molar-refractivity contribution in [2.24, 2.45) is 5.92 Å². The molecule has 0 aromatic heterocycles. The average molecular weight is 340 g/mol. The Kier molecular flexibility index (Phi) is 3.86. The van der Waals surface area contributed by atoms with Crippen molar-refractivity contribution < 1.29 is 19.4 Å². The van der Waals surface area contributed by atoms with Crippen LogP contribution in [0, 0.1) is 12.8 Å². The van der Waals surface area contributed by atoms with E-state index in [-0.39, 0.29) is 0 Å². The Morgan fingerprint density at radius 2 is 1.96 bits per heavy atom. The Morgan fingerprint density at radius 3 is 2.68 bits per heavy atom. The largest absolute Gasteiger partial charge is 0.513 e. The number of carbonyl (C=O) groups excluding carboxylic acids is 1. The van der Waals surface area contributed by atoms with Crippen molar-refractivity contribution in [3.05, 3.63) is 34.9 Å². The number of phenolic OH excluding ortho intramolecular Hbond substituents is 1. The molecule has 2 aromatic carbocycles. The molecule has 1 N–H and O–H groups in total. The third-order valence-corrected chi connectivity index (χ3v) is 5.95. The molecule has 4 nitrogen and oxygen atoms in total. The second-order valence-corrected chi connectivity index (χ2v) is 7.35. The second kappa shape index (κ2) is 5.94. The maximum Gasteiger partial charge on any atom is 0.513 e. The van der Waals surface area contributed by atoms with Gasteiger partial charge >= 0.3 is 6.16 Å². The molecule has 4 heteroatoms. The molecule has 0 radical (unpaired) electrons. The first kappa shape index (κ1) is 16.2. The van der Waals surface area contributed by atoms with Crippen molar-refractivity contribution in [2.75, 3.05) is 6.61 Å². The lowest BCUT2D eigenvalue weighted by Gasteiger charge is -2.23. The summed E-state index contributed by atoms with van der Waals surface area (Å²) < 4.78 is 10.9. The first-order chi connectivity index (χ1) is 12.0. The van der Waals surface area contributed by atoms with E-state index in [2.05, 4.69) is 6.92 Å². The van der Waals surface area contributed by atoms with Crippen LogP contribution in [-0.4, -0.2) is 17.9 Å². The van der Waals surface area contributed by atoms with Crippen molar-refractivity contribution in [1.82, 2.24) is 0 Å². The lowest BCUT2D eigenvalue weighted by molar-refractivity contribution is 0.0991. The Morgan fingerprint density at radius 1 is 1.24 bits per heavy atom. The molecule has 3 atom stereocenters. The zero-order valence-electron chi connectivity index (χ0n) is 15.0. The van der Waals surface area contributed by atoms with Crippen molar-refractivity contribution in [2.45, 2.75) is 51.9 Å². The average Bonchev–Trinajstić information content (AvgIpc) is 3.10. The van der Waals surface area contributed by atoms with E-state index < -0.39 is 6.16 Å². The van der Waals surface area contributed by atoms with Gasteiger partial charge in [-0.05, 0) is 49.5 Å². The highest BCUT2D eigenvalue weighted by Crippen LogP contribution is 2.63. The predicted molar refractivity (Wildman–Crippen MR) is 96.5 cm³/mol. The molecule has 0 amide bonds. The molecule has 0 aliphatic heterocycles. The summed E-state index contributed by atoms with van der Waals surface area (Å²) in [6, 6.07) is 5.81. The van der Waals surface area contributed by atoms with Gasteiger partial charge in [-0.2, -0.15) is 0 Å². The van der Waals surface area contributed by atoms with Gasteiger partial charge in [0.15, 0.2) is 0 Å². The summed E-state index contributed by atoms with van der Waals surface area (Å²) in [6.07, 6.45) is 2.26. The van der Waals surface area contributed by atoms with Gasteiger partial charge < -0.3 is 14.6 Å². The number of fused-ring (bicyclic) bond motifs is 6. The molecular formula is C21H24O4. The van der Waals surface area contributed by atoms with Gasteiger partial charge in [0, 0.05) is 21.9 Å². The summed E-state index contributed by atoms with van der Waals surface area (Å²) in [4.78, 5) is 12.2. The highest BCUT2D eigenvalue weighted by atomic mass is 16.7. The summed E-state index contributed by atoms with van der Waals surface area (Å²) in [7, 11) is 0.